The quantitative estimate of drug-likeness (QED) is 0.478. The number of rotatable bonds is 7. The molecule has 1 unspecified atom stereocenters. The van der Waals surface area contributed by atoms with Crippen molar-refractivity contribution in [2.45, 2.75) is 13.0 Å². The van der Waals surface area contributed by atoms with Gasteiger partial charge in [0.05, 0.1) is 17.8 Å². The van der Waals surface area contributed by atoms with Crippen LogP contribution in [0, 0.1) is 0 Å². The molecule has 0 spiro atoms. The molecule has 0 radical (unpaired) electrons. The summed E-state index contributed by atoms with van der Waals surface area (Å²) < 4.78 is 10.8. The molecule has 0 heterocycles. The summed E-state index contributed by atoms with van der Waals surface area (Å²) in [4.78, 5) is 24.9. The van der Waals surface area contributed by atoms with Crippen molar-refractivity contribution in [2.24, 2.45) is 0 Å². The number of carbonyl (C=O) groups is 2. The van der Waals surface area contributed by atoms with Crippen LogP contribution in [0.2, 0.25) is 10.0 Å². The first-order chi connectivity index (χ1) is 14.9. The van der Waals surface area contributed by atoms with E-state index in [1.807, 2.05) is 6.07 Å². The van der Waals surface area contributed by atoms with Crippen molar-refractivity contribution in [3.05, 3.63) is 82.3 Å². The van der Waals surface area contributed by atoms with Crippen LogP contribution in [-0.4, -0.2) is 25.0 Å². The number of ether oxygens (including phenoxy) is 2. The van der Waals surface area contributed by atoms with Crippen molar-refractivity contribution in [1.82, 2.24) is 0 Å². The van der Waals surface area contributed by atoms with Gasteiger partial charge in [-0.05, 0) is 55.5 Å². The topological polar surface area (TPSA) is 76.7 Å². The van der Waals surface area contributed by atoms with Crippen molar-refractivity contribution in [1.29, 1.82) is 0 Å². The van der Waals surface area contributed by atoms with Crippen molar-refractivity contribution in [3.63, 3.8) is 0 Å². The van der Waals surface area contributed by atoms with E-state index >= 15 is 0 Å². The Bertz CT molecular complexity index is 1090. The average molecular weight is 459 g/mol. The van der Waals surface area contributed by atoms with E-state index in [1.165, 1.54) is 7.11 Å². The Morgan fingerprint density at radius 2 is 1.61 bits per heavy atom. The minimum absolute atomic E-state index is 0.297. The van der Waals surface area contributed by atoms with Gasteiger partial charge in [-0.1, -0.05) is 35.3 Å². The Morgan fingerprint density at radius 3 is 2.32 bits per heavy atom. The number of halogens is 2. The molecule has 3 rings (SSSR count). The Balaban J connectivity index is 1.61. The van der Waals surface area contributed by atoms with E-state index in [1.54, 1.807) is 67.6 Å². The fourth-order valence-corrected chi connectivity index (χ4v) is 3.03. The standard InChI is InChI=1S/C23H20Cl2N2O4/c1-14(31-21-13-16(24)9-12-18(21)25)22(28)26-17-10-7-15(8-11-17)23(29)27-19-5-3-4-6-20(19)30-2/h3-14H,1-2H3,(H,26,28)(H,27,29). The zero-order chi connectivity index (χ0) is 22.4. The van der Waals surface area contributed by atoms with E-state index in [4.69, 9.17) is 32.7 Å². The number of methoxy groups -OCH3 is 1. The molecule has 0 saturated heterocycles. The van der Waals surface area contributed by atoms with Gasteiger partial charge in [0.2, 0.25) is 0 Å². The van der Waals surface area contributed by atoms with Crippen LogP contribution in [-0.2, 0) is 4.79 Å². The minimum atomic E-state index is -0.815. The lowest BCUT2D eigenvalue weighted by Crippen LogP contribution is -2.30. The van der Waals surface area contributed by atoms with Gasteiger partial charge in [0.25, 0.3) is 11.8 Å². The fraction of sp³-hybridized carbons (Fsp3) is 0.130. The van der Waals surface area contributed by atoms with E-state index in [0.29, 0.717) is 38.5 Å². The van der Waals surface area contributed by atoms with Crippen molar-refractivity contribution >= 4 is 46.4 Å². The Hall–Kier alpha value is -3.22. The highest BCUT2D eigenvalue weighted by atomic mass is 35.5. The van der Waals surface area contributed by atoms with Crippen LogP contribution in [0.4, 0.5) is 11.4 Å². The lowest BCUT2D eigenvalue weighted by atomic mass is 10.2. The molecule has 2 amide bonds. The summed E-state index contributed by atoms with van der Waals surface area (Å²) in [7, 11) is 1.54. The third kappa shape index (κ3) is 5.90. The maximum Gasteiger partial charge on any atom is 0.265 e. The highest BCUT2D eigenvalue weighted by molar-refractivity contribution is 6.34. The molecule has 160 valence electrons. The van der Waals surface area contributed by atoms with Crippen molar-refractivity contribution in [3.8, 4) is 11.5 Å². The van der Waals surface area contributed by atoms with Crippen molar-refractivity contribution in [2.75, 3.05) is 17.7 Å². The summed E-state index contributed by atoms with van der Waals surface area (Å²) in [6.07, 6.45) is -0.815. The van der Waals surface area contributed by atoms with Crippen LogP contribution < -0.4 is 20.1 Å². The van der Waals surface area contributed by atoms with Gasteiger partial charge < -0.3 is 20.1 Å². The van der Waals surface area contributed by atoms with Gasteiger partial charge in [-0.3, -0.25) is 9.59 Å². The number of hydrogen-bond donors (Lipinski definition) is 2. The maximum atomic E-state index is 12.5. The first kappa shape index (κ1) is 22.5. The summed E-state index contributed by atoms with van der Waals surface area (Å²) in [5, 5.41) is 6.35. The van der Waals surface area contributed by atoms with E-state index in [0.717, 1.165) is 0 Å². The lowest BCUT2D eigenvalue weighted by Gasteiger charge is -2.16. The molecule has 2 N–H and O–H groups in total. The summed E-state index contributed by atoms with van der Waals surface area (Å²) in [6, 6.07) is 18.4. The summed E-state index contributed by atoms with van der Waals surface area (Å²) in [5.41, 5.74) is 1.52. The highest BCUT2D eigenvalue weighted by Crippen LogP contribution is 2.29. The highest BCUT2D eigenvalue weighted by Gasteiger charge is 2.17. The molecule has 0 fully saturated rings. The molecule has 0 aliphatic rings. The summed E-state index contributed by atoms with van der Waals surface area (Å²) >= 11 is 12.0. The number of hydrogen-bond acceptors (Lipinski definition) is 4. The Labute approximate surface area is 190 Å². The maximum absolute atomic E-state index is 12.5. The van der Waals surface area contributed by atoms with Crippen LogP contribution in [0.15, 0.2) is 66.7 Å². The first-order valence-corrected chi connectivity index (χ1v) is 10.1. The molecular weight excluding hydrogens is 439 g/mol. The molecule has 0 saturated carbocycles. The van der Waals surface area contributed by atoms with Crippen LogP contribution in [0.3, 0.4) is 0 Å². The van der Waals surface area contributed by atoms with Gasteiger partial charge in [0, 0.05) is 22.3 Å². The van der Waals surface area contributed by atoms with Crippen LogP contribution in [0.5, 0.6) is 11.5 Å². The smallest absolute Gasteiger partial charge is 0.265 e. The zero-order valence-electron chi connectivity index (χ0n) is 16.8. The molecular formula is C23H20Cl2N2O4. The lowest BCUT2D eigenvalue weighted by molar-refractivity contribution is -0.122. The number of nitrogens with one attached hydrogen (secondary N) is 2. The molecule has 0 aromatic heterocycles. The van der Waals surface area contributed by atoms with Crippen LogP contribution in [0.1, 0.15) is 17.3 Å². The molecule has 31 heavy (non-hydrogen) atoms. The number of carbonyl (C=O) groups excluding carboxylic acids is 2. The number of amides is 2. The largest absolute Gasteiger partial charge is 0.495 e. The predicted molar refractivity (Wildman–Crippen MR) is 123 cm³/mol. The van der Waals surface area contributed by atoms with E-state index in [-0.39, 0.29) is 11.8 Å². The molecule has 3 aromatic rings. The van der Waals surface area contributed by atoms with Crippen LogP contribution in [0.25, 0.3) is 0 Å². The zero-order valence-corrected chi connectivity index (χ0v) is 18.3. The minimum Gasteiger partial charge on any atom is -0.495 e. The third-order valence-corrected chi connectivity index (χ3v) is 4.88. The third-order valence-electron chi connectivity index (χ3n) is 4.34. The molecule has 0 bridgehead atoms. The molecule has 8 heteroatoms. The summed E-state index contributed by atoms with van der Waals surface area (Å²) in [6.45, 7) is 1.60. The second kappa shape index (κ2) is 10.2. The molecule has 0 aliphatic heterocycles. The van der Waals surface area contributed by atoms with Crippen molar-refractivity contribution < 1.29 is 19.1 Å². The Kier molecular flexibility index (Phi) is 7.39. The van der Waals surface area contributed by atoms with E-state index in [2.05, 4.69) is 10.6 Å². The average Bonchev–Trinajstić information content (AvgIpc) is 2.77. The van der Waals surface area contributed by atoms with E-state index < -0.39 is 6.10 Å². The predicted octanol–water partition coefficient (Wildman–Crippen LogP) is 5.66. The summed E-state index contributed by atoms with van der Waals surface area (Å²) in [5.74, 6) is 0.214. The normalized spacial score (nSPS) is 11.4. The molecule has 1 atom stereocenters. The first-order valence-electron chi connectivity index (χ1n) is 9.34. The SMILES string of the molecule is COc1ccccc1NC(=O)c1ccc(NC(=O)C(C)Oc2cc(Cl)ccc2Cl)cc1. The fourth-order valence-electron chi connectivity index (χ4n) is 2.70. The second-order valence-electron chi connectivity index (χ2n) is 6.56. The molecule has 6 nitrogen and oxygen atoms in total. The van der Waals surface area contributed by atoms with Gasteiger partial charge in [-0.2, -0.15) is 0 Å². The van der Waals surface area contributed by atoms with Gasteiger partial charge in [-0.15, -0.1) is 0 Å². The number of anilines is 2. The van der Waals surface area contributed by atoms with Gasteiger partial charge >= 0.3 is 0 Å². The van der Waals surface area contributed by atoms with Gasteiger partial charge in [0.1, 0.15) is 11.5 Å². The van der Waals surface area contributed by atoms with E-state index in [9.17, 15) is 9.59 Å². The van der Waals surface area contributed by atoms with Gasteiger partial charge in [0.15, 0.2) is 6.10 Å². The molecule has 3 aromatic carbocycles. The monoisotopic (exact) mass is 458 g/mol. The number of para-hydroxylation sites is 2. The molecule has 0 aliphatic carbocycles. The van der Waals surface area contributed by atoms with Gasteiger partial charge in [-0.25, -0.2) is 0 Å². The second-order valence-corrected chi connectivity index (χ2v) is 7.40. The Morgan fingerprint density at radius 1 is 0.903 bits per heavy atom. The number of benzene rings is 3. The van der Waals surface area contributed by atoms with Crippen LogP contribution >= 0.6 is 23.2 Å².